The molecule has 108 valence electrons. The van der Waals surface area contributed by atoms with Crippen LogP contribution >= 0.6 is 15.9 Å². The molecule has 0 atom stereocenters. The van der Waals surface area contributed by atoms with Crippen LogP contribution in [0.5, 0.6) is 5.75 Å². The highest BCUT2D eigenvalue weighted by Crippen LogP contribution is 2.30. The highest BCUT2D eigenvalue weighted by molar-refractivity contribution is 9.10. The summed E-state index contributed by atoms with van der Waals surface area (Å²) in [5, 5.41) is 10.9. The normalized spacial score (nSPS) is 10.2. The Kier molecular flexibility index (Phi) is 4.70. The van der Waals surface area contributed by atoms with Gasteiger partial charge in [0.1, 0.15) is 12.4 Å². The Morgan fingerprint density at radius 2 is 2.00 bits per heavy atom. The van der Waals surface area contributed by atoms with Crippen molar-refractivity contribution in [3.63, 3.8) is 0 Å². The smallest absolute Gasteiger partial charge is 0.272 e. The number of nitro groups is 1. The van der Waals surface area contributed by atoms with Crippen LogP contribution in [0.2, 0.25) is 0 Å². The number of carbonyl (C=O) groups is 1. The molecule has 0 amide bonds. The van der Waals surface area contributed by atoms with Crippen LogP contribution < -0.4 is 4.74 Å². The predicted molar refractivity (Wildman–Crippen MR) is 81.7 cm³/mol. The Hall–Kier alpha value is -2.21. The molecule has 0 spiro atoms. The zero-order valence-electron chi connectivity index (χ0n) is 11.2. The van der Waals surface area contributed by atoms with Gasteiger partial charge >= 0.3 is 0 Å². The van der Waals surface area contributed by atoms with E-state index < -0.39 is 4.92 Å². The van der Waals surface area contributed by atoms with Crippen molar-refractivity contribution < 1.29 is 14.5 Å². The maximum Gasteiger partial charge on any atom is 0.272 e. The third-order valence-corrected chi connectivity index (χ3v) is 3.73. The zero-order chi connectivity index (χ0) is 15.4. The van der Waals surface area contributed by atoms with Gasteiger partial charge in [-0.2, -0.15) is 0 Å². The number of nitrogens with zero attached hydrogens (tertiary/aromatic N) is 1. The average molecular weight is 350 g/mol. The molecule has 21 heavy (non-hydrogen) atoms. The number of hydrogen-bond acceptors (Lipinski definition) is 4. The second-order valence-electron chi connectivity index (χ2n) is 4.38. The van der Waals surface area contributed by atoms with E-state index in [9.17, 15) is 14.9 Å². The topological polar surface area (TPSA) is 69.4 Å². The summed E-state index contributed by atoms with van der Waals surface area (Å²) in [6, 6.07) is 9.98. The number of carbonyl (C=O) groups excluding carboxylic acids is 1. The van der Waals surface area contributed by atoms with Crippen LogP contribution in [0.4, 0.5) is 5.69 Å². The fraction of sp³-hybridized carbons (Fsp3) is 0.133. The highest BCUT2D eigenvalue weighted by atomic mass is 79.9. The van der Waals surface area contributed by atoms with E-state index in [1.54, 1.807) is 37.3 Å². The molecule has 0 aromatic heterocycles. The van der Waals surface area contributed by atoms with Crippen LogP contribution in [0.15, 0.2) is 40.9 Å². The maximum absolute atomic E-state index is 11.0. The first-order valence-electron chi connectivity index (χ1n) is 6.14. The van der Waals surface area contributed by atoms with Crippen molar-refractivity contribution in [1.82, 2.24) is 0 Å². The Bertz CT molecular complexity index is 700. The fourth-order valence-electron chi connectivity index (χ4n) is 1.94. The van der Waals surface area contributed by atoms with Gasteiger partial charge in [0.05, 0.1) is 15.0 Å². The predicted octanol–water partition coefficient (Wildman–Crippen LogP) is 4.06. The van der Waals surface area contributed by atoms with Crippen molar-refractivity contribution in [3.8, 4) is 5.75 Å². The van der Waals surface area contributed by atoms with E-state index in [0.717, 1.165) is 0 Å². The van der Waals surface area contributed by atoms with E-state index in [1.807, 2.05) is 0 Å². The minimum Gasteiger partial charge on any atom is -0.487 e. The fourth-order valence-corrected chi connectivity index (χ4v) is 2.44. The molecule has 0 fully saturated rings. The monoisotopic (exact) mass is 349 g/mol. The van der Waals surface area contributed by atoms with Gasteiger partial charge in [0, 0.05) is 11.6 Å². The maximum atomic E-state index is 11.0. The van der Waals surface area contributed by atoms with Gasteiger partial charge in [0.25, 0.3) is 5.69 Å². The summed E-state index contributed by atoms with van der Waals surface area (Å²) in [6.07, 6.45) is 0.709. The molecule has 0 heterocycles. The van der Waals surface area contributed by atoms with Crippen LogP contribution in [0.3, 0.4) is 0 Å². The van der Waals surface area contributed by atoms with Crippen LogP contribution in [0.25, 0.3) is 0 Å². The number of halogens is 1. The van der Waals surface area contributed by atoms with E-state index in [1.165, 1.54) is 6.07 Å². The number of para-hydroxylation sites is 1. The number of rotatable bonds is 5. The first kappa shape index (κ1) is 15.2. The minimum absolute atomic E-state index is 0.0545. The van der Waals surface area contributed by atoms with Gasteiger partial charge in [-0.05, 0) is 40.5 Å². The van der Waals surface area contributed by atoms with Gasteiger partial charge < -0.3 is 4.74 Å². The Labute approximate surface area is 129 Å². The third-order valence-electron chi connectivity index (χ3n) is 3.11. The minimum atomic E-state index is -0.423. The summed E-state index contributed by atoms with van der Waals surface area (Å²) < 4.78 is 6.32. The summed E-state index contributed by atoms with van der Waals surface area (Å²) in [7, 11) is 0. The van der Waals surface area contributed by atoms with Crippen LogP contribution in [0, 0.1) is 17.0 Å². The molecule has 6 heteroatoms. The van der Waals surface area contributed by atoms with Gasteiger partial charge in [-0.15, -0.1) is 0 Å². The molecule has 0 radical (unpaired) electrons. The molecule has 0 bridgehead atoms. The summed E-state index contributed by atoms with van der Waals surface area (Å²) in [4.78, 5) is 21.5. The van der Waals surface area contributed by atoms with Crippen LogP contribution in [-0.4, -0.2) is 11.2 Å². The summed E-state index contributed by atoms with van der Waals surface area (Å²) in [6.45, 7) is 1.83. The first-order valence-corrected chi connectivity index (χ1v) is 6.93. The highest BCUT2D eigenvalue weighted by Gasteiger charge is 2.14. The molecule has 0 aliphatic carbocycles. The van der Waals surface area contributed by atoms with Gasteiger partial charge in [0.15, 0.2) is 6.29 Å². The van der Waals surface area contributed by atoms with Crippen LogP contribution in [0.1, 0.15) is 21.5 Å². The van der Waals surface area contributed by atoms with Crippen LogP contribution in [-0.2, 0) is 6.61 Å². The van der Waals surface area contributed by atoms with Crippen molar-refractivity contribution in [2.45, 2.75) is 13.5 Å². The lowest BCUT2D eigenvalue weighted by atomic mass is 10.1. The van der Waals surface area contributed by atoms with E-state index in [0.29, 0.717) is 33.2 Å². The SMILES string of the molecule is Cc1c(COc2c(Br)cccc2C=O)cccc1[N+](=O)[O-]. The van der Waals surface area contributed by atoms with Gasteiger partial charge in [-0.3, -0.25) is 14.9 Å². The van der Waals surface area contributed by atoms with Gasteiger partial charge in [-0.25, -0.2) is 0 Å². The molecular weight excluding hydrogens is 338 g/mol. The molecular formula is C15H12BrNO4. The summed E-state index contributed by atoms with van der Waals surface area (Å²) in [5.74, 6) is 0.429. The Balaban J connectivity index is 2.27. The van der Waals surface area contributed by atoms with E-state index in [4.69, 9.17) is 4.74 Å². The first-order chi connectivity index (χ1) is 10.0. The average Bonchev–Trinajstić information content (AvgIpc) is 2.46. The molecule has 2 aromatic rings. The quantitative estimate of drug-likeness (QED) is 0.463. The number of aldehydes is 1. The number of nitro benzene ring substituents is 1. The molecule has 0 aliphatic rings. The van der Waals surface area contributed by atoms with Crippen molar-refractivity contribution in [3.05, 3.63) is 67.7 Å². The molecule has 0 aliphatic heterocycles. The lowest BCUT2D eigenvalue weighted by Gasteiger charge is -2.12. The Morgan fingerprint density at radius 1 is 1.29 bits per heavy atom. The second-order valence-corrected chi connectivity index (χ2v) is 5.24. The number of hydrogen-bond donors (Lipinski definition) is 0. The molecule has 0 N–H and O–H groups in total. The van der Waals surface area contributed by atoms with Gasteiger partial charge in [0.2, 0.25) is 0 Å². The zero-order valence-corrected chi connectivity index (χ0v) is 12.8. The largest absolute Gasteiger partial charge is 0.487 e. The van der Waals surface area contributed by atoms with Crippen molar-refractivity contribution in [1.29, 1.82) is 0 Å². The molecule has 2 aromatic carbocycles. The van der Waals surface area contributed by atoms with Crippen molar-refractivity contribution >= 4 is 27.9 Å². The number of benzene rings is 2. The second kappa shape index (κ2) is 6.49. The summed E-state index contributed by atoms with van der Waals surface area (Å²) in [5.41, 5.74) is 1.74. The third kappa shape index (κ3) is 3.28. The van der Waals surface area contributed by atoms with E-state index >= 15 is 0 Å². The van der Waals surface area contributed by atoms with E-state index in [-0.39, 0.29) is 12.3 Å². The summed E-state index contributed by atoms with van der Waals surface area (Å²) >= 11 is 3.33. The van der Waals surface area contributed by atoms with Crippen molar-refractivity contribution in [2.24, 2.45) is 0 Å². The lowest BCUT2D eigenvalue weighted by molar-refractivity contribution is -0.385. The van der Waals surface area contributed by atoms with Crippen molar-refractivity contribution in [2.75, 3.05) is 0 Å². The Morgan fingerprint density at radius 3 is 2.67 bits per heavy atom. The molecule has 0 saturated heterocycles. The number of ether oxygens (including phenoxy) is 1. The molecule has 0 saturated carbocycles. The standard InChI is InChI=1S/C15H12BrNO4/c1-10-12(5-3-7-14(10)17(19)20)9-21-15-11(8-18)4-2-6-13(15)16/h2-8H,9H2,1H3. The van der Waals surface area contributed by atoms with E-state index in [2.05, 4.69) is 15.9 Å². The molecule has 5 nitrogen and oxygen atoms in total. The molecule has 0 unspecified atom stereocenters. The molecule has 2 rings (SSSR count). The van der Waals surface area contributed by atoms with Gasteiger partial charge in [-0.1, -0.05) is 18.2 Å². The lowest BCUT2D eigenvalue weighted by Crippen LogP contribution is -2.02.